The summed E-state index contributed by atoms with van der Waals surface area (Å²) in [5.41, 5.74) is 0. The maximum absolute atomic E-state index is 11.6. The molecule has 2 rings (SSSR count). The second-order valence-corrected chi connectivity index (χ2v) is 5.40. The van der Waals surface area contributed by atoms with Crippen molar-refractivity contribution in [3.63, 3.8) is 0 Å². The third kappa shape index (κ3) is 3.65. The van der Waals surface area contributed by atoms with Crippen LogP contribution in [0.15, 0.2) is 24.3 Å². The molecule has 0 amide bonds. The lowest BCUT2D eigenvalue weighted by Crippen LogP contribution is -2.36. The fraction of sp³-hybridized carbons (Fsp3) is 0.562. The fourth-order valence-electron chi connectivity index (χ4n) is 2.50. The Bertz CT molecular complexity index is 440. The van der Waals surface area contributed by atoms with Gasteiger partial charge >= 0.3 is 5.97 Å². The first kappa shape index (κ1) is 14.7. The molecule has 0 spiro atoms. The van der Waals surface area contributed by atoms with Gasteiger partial charge in [-0.2, -0.15) is 0 Å². The van der Waals surface area contributed by atoms with Crippen molar-refractivity contribution in [2.75, 3.05) is 13.7 Å². The van der Waals surface area contributed by atoms with Crippen LogP contribution in [0.25, 0.3) is 0 Å². The van der Waals surface area contributed by atoms with Gasteiger partial charge in [0.25, 0.3) is 0 Å². The largest absolute Gasteiger partial charge is 0.497 e. The minimum absolute atomic E-state index is 0.0174. The van der Waals surface area contributed by atoms with Crippen LogP contribution >= 0.6 is 0 Å². The summed E-state index contributed by atoms with van der Waals surface area (Å²) in [6.45, 7) is 4.59. The number of carbonyl (C=O) groups excluding carboxylic acids is 1. The Morgan fingerprint density at radius 2 is 1.85 bits per heavy atom. The van der Waals surface area contributed by atoms with Gasteiger partial charge in [-0.25, -0.2) is 0 Å². The number of esters is 1. The minimum atomic E-state index is -0.0856. The SMILES string of the molecule is COc1ccc(OCC[C@H]2OC(=O)C(C)C[C@@H]2C)cc1. The maximum atomic E-state index is 11.6. The van der Waals surface area contributed by atoms with E-state index >= 15 is 0 Å². The molecule has 4 heteroatoms. The van der Waals surface area contributed by atoms with Gasteiger partial charge in [-0.1, -0.05) is 13.8 Å². The van der Waals surface area contributed by atoms with Gasteiger partial charge in [0.15, 0.2) is 0 Å². The predicted octanol–water partition coefficient (Wildman–Crippen LogP) is 3.05. The molecule has 1 aromatic carbocycles. The van der Waals surface area contributed by atoms with Crippen molar-refractivity contribution in [2.45, 2.75) is 32.8 Å². The number of ether oxygens (including phenoxy) is 3. The molecule has 1 aliphatic rings. The fourth-order valence-corrected chi connectivity index (χ4v) is 2.50. The second-order valence-electron chi connectivity index (χ2n) is 5.40. The molecule has 1 heterocycles. The van der Waals surface area contributed by atoms with Gasteiger partial charge in [0.2, 0.25) is 0 Å². The number of hydrogen-bond acceptors (Lipinski definition) is 4. The highest BCUT2D eigenvalue weighted by atomic mass is 16.5. The Labute approximate surface area is 120 Å². The predicted molar refractivity (Wildman–Crippen MR) is 75.9 cm³/mol. The summed E-state index contributed by atoms with van der Waals surface area (Å²) in [6.07, 6.45) is 1.59. The summed E-state index contributed by atoms with van der Waals surface area (Å²) in [5, 5.41) is 0. The van der Waals surface area contributed by atoms with E-state index in [0.717, 1.165) is 24.3 Å². The van der Waals surface area contributed by atoms with Crippen LogP contribution in [0.2, 0.25) is 0 Å². The zero-order chi connectivity index (χ0) is 14.5. The number of cyclic esters (lactones) is 1. The number of hydrogen-bond donors (Lipinski definition) is 0. The molecule has 1 unspecified atom stereocenters. The van der Waals surface area contributed by atoms with E-state index in [1.807, 2.05) is 31.2 Å². The molecule has 0 aromatic heterocycles. The molecule has 0 radical (unpaired) electrons. The highest BCUT2D eigenvalue weighted by Crippen LogP contribution is 2.27. The van der Waals surface area contributed by atoms with Crippen molar-refractivity contribution >= 4 is 5.97 Å². The molecule has 110 valence electrons. The van der Waals surface area contributed by atoms with Gasteiger partial charge in [0.05, 0.1) is 19.6 Å². The number of carbonyl (C=O) groups is 1. The minimum Gasteiger partial charge on any atom is -0.497 e. The highest BCUT2D eigenvalue weighted by molar-refractivity contribution is 5.72. The normalized spacial score (nSPS) is 25.9. The van der Waals surface area contributed by atoms with Crippen LogP contribution in [0.4, 0.5) is 0 Å². The molecule has 1 fully saturated rings. The first-order valence-corrected chi connectivity index (χ1v) is 7.07. The molecular formula is C16H22O4. The molecule has 1 saturated heterocycles. The monoisotopic (exact) mass is 278 g/mol. The van der Waals surface area contributed by atoms with Crippen molar-refractivity contribution in [3.8, 4) is 11.5 Å². The van der Waals surface area contributed by atoms with Gasteiger partial charge in [-0.3, -0.25) is 4.79 Å². The molecule has 4 nitrogen and oxygen atoms in total. The molecule has 3 atom stereocenters. The van der Waals surface area contributed by atoms with Gasteiger partial charge < -0.3 is 14.2 Å². The molecule has 0 saturated carbocycles. The lowest BCUT2D eigenvalue weighted by molar-refractivity contribution is -0.164. The van der Waals surface area contributed by atoms with Crippen molar-refractivity contribution in [1.82, 2.24) is 0 Å². The second kappa shape index (κ2) is 6.64. The summed E-state index contributed by atoms with van der Waals surface area (Å²) in [6, 6.07) is 7.47. The van der Waals surface area contributed by atoms with Gasteiger partial charge in [-0.05, 0) is 36.6 Å². The summed E-state index contributed by atoms with van der Waals surface area (Å²) >= 11 is 0. The quantitative estimate of drug-likeness (QED) is 0.777. The van der Waals surface area contributed by atoms with Crippen molar-refractivity contribution in [3.05, 3.63) is 24.3 Å². The van der Waals surface area contributed by atoms with Crippen LogP contribution in [0.3, 0.4) is 0 Å². The lowest BCUT2D eigenvalue weighted by Gasteiger charge is -2.31. The van der Waals surface area contributed by atoms with E-state index < -0.39 is 0 Å². The Kier molecular flexibility index (Phi) is 4.88. The highest BCUT2D eigenvalue weighted by Gasteiger charge is 2.32. The van der Waals surface area contributed by atoms with Gasteiger partial charge in [0, 0.05) is 6.42 Å². The van der Waals surface area contributed by atoms with E-state index in [1.165, 1.54) is 0 Å². The number of rotatable bonds is 5. The Hall–Kier alpha value is -1.71. The first-order valence-electron chi connectivity index (χ1n) is 7.07. The van der Waals surface area contributed by atoms with E-state index in [2.05, 4.69) is 6.92 Å². The number of benzene rings is 1. The zero-order valence-electron chi connectivity index (χ0n) is 12.3. The topological polar surface area (TPSA) is 44.8 Å². The number of methoxy groups -OCH3 is 1. The summed E-state index contributed by atoms with van der Waals surface area (Å²) < 4.78 is 16.2. The molecule has 20 heavy (non-hydrogen) atoms. The lowest BCUT2D eigenvalue weighted by atomic mass is 9.88. The van der Waals surface area contributed by atoms with E-state index in [1.54, 1.807) is 7.11 Å². The molecule has 1 aromatic rings. The molecular weight excluding hydrogens is 256 g/mol. The standard InChI is InChI=1S/C16H22O4/c1-11-10-12(2)16(17)20-15(11)8-9-19-14-6-4-13(18-3)5-7-14/h4-7,11-12,15H,8-10H2,1-3H3/t11-,12?,15+/m0/s1. The van der Waals surface area contributed by atoms with Crippen LogP contribution in [0, 0.1) is 11.8 Å². The van der Waals surface area contributed by atoms with Crippen LogP contribution in [-0.2, 0) is 9.53 Å². The molecule has 0 N–H and O–H groups in total. The van der Waals surface area contributed by atoms with E-state index in [-0.39, 0.29) is 18.0 Å². The average molecular weight is 278 g/mol. The maximum Gasteiger partial charge on any atom is 0.308 e. The van der Waals surface area contributed by atoms with Crippen LogP contribution < -0.4 is 9.47 Å². The van der Waals surface area contributed by atoms with Crippen molar-refractivity contribution < 1.29 is 19.0 Å². The Morgan fingerprint density at radius 3 is 2.50 bits per heavy atom. The third-order valence-corrected chi connectivity index (χ3v) is 3.76. The van der Waals surface area contributed by atoms with E-state index in [4.69, 9.17) is 14.2 Å². The Balaban J connectivity index is 1.78. The van der Waals surface area contributed by atoms with Gasteiger partial charge in [-0.15, -0.1) is 0 Å². The van der Waals surface area contributed by atoms with E-state index in [0.29, 0.717) is 12.5 Å². The van der Waals surface area contributed by atoms with Crippen molar-refractivity contribution in [1.29, 1.82) is 0 Å². The Morgan fingerprint density at radius 1 is 1.20 bits per heavy atom. The van der Waals surface area contributed by atoms with Crippen LogP contribution in [0.1, 0.15) is 26.7 Å². The summed E-state index contributed by atoms with van der Waals surface area (Å²) in [4.78, 5) is 11.6. The first-order chi connectivity index (χ1) is 9.60. The third-order valence-electron chi connectivity index (χ3n) is 3.76. The molecule has 1 aliphatic heterocycles. The zero-order valence-corrected chi connectivity index (χ0v) is 12.3. The van der Waals surface area contributed by atoms with Crippen LogP contribution in [0.5, 0.6) is 11.5 Å². The van der Waals surface area contributed by atoms with Crippen molar-refractivity contribution in [2.24, 2.45) is 11.8 Å². The summed E-state index contributed by atoms with van der Waals surface area (Å²) in [7, 11) is 1.63. The summed E-state index contributed by atoms with van der Waals surface area (Å²) in [5.74, 6) is 1.93. The smallest absolute Gasteiger partial charge is 0.308 e. The van der Waals surface area contributed by atoms with Gasteiger partial charge in [0.1, 0.15) is 17.6 Å². The molecule has 0 bridgehead atoms. The molecule has 0 aliphatic carbocycles. The van der Waals surface area contributed by atoms with Crippen LogP contribution in [-0.4, -0.2) is 25.8 Å². The average Bonchev–Trinajstić information content (AvgIpc) is 2.45. The van der Waals surface area contributed by atoms with E-state index in [9.17, 15) is 4.79 Å².